The highest BCUT2D eigenvalue weighted by Crippen LogP contribution is 2.22. The van der Waals surface area contributed by atoms with Gasteiger partial charge in [-0.1, -0.05) is 0 Å². The molecule has 1 saturated heterocycles. The fourth-order valence-corrected chi connectivity index (χ4v) is 4.20. The Kier molecular flexibility index (Phi) is 3.69. The van der Waals surface area contributed by atoms with Crippen molar-refractivity contribution in [2.75, 3.05) is 16.8 Å². The second-order valence-electron chi connectivity index (χ2n) is 5.27. The first kappa shape index (κ1) is 14.7. The fourth-order valence-electron chi connectivity index (χ4n) is 2.51. The minimum atomic E-state index is -3.12. The van der Waals surface area contributed by atoms with Crippen LogP contribution < -0.4 is 5.32 Å². The number of hydrogen-bond acceptors (Lipinski definition) is 6. The van der Waals surface area contributed by atoms with Gasteiger partial charge in [-0.3, -0.25) is 14.7 Å². The third-order valence-corrected chi connectivity index (χ3v) is 5.38. The fraction of sp³-hybridized carbons (Fsp3) is 0.500. The standard InChI is InChI=1S/C12H15N5O4S/c18-11-2-1-9(12(19)14-10-3-5-13-15-10)16-17(11)8-4-6-22(20,21)7-8/h3,5,8H,1-2,4,6-7H2,(H2,13,14,15,19). The van der Waals surface area contributed by atoms with Gasteiger partial charge < -0.3 is 5.32 Å². The minimum absolute atomic E-state index is 0.0483. The summed E-state index contributed by atoms with van der Waals surface area (Å²) in [6, 6.07) is 1.11. The lowest BCUT2D eigenvalue weighted by Crippen LogP contribution is -2.42. The summed E-state index contributed by atoms with van der Waals surface area (Å²) in [4.78, 5) is 24.1. The Bertz CT molecular complexity index is 725. The molecule has 2 N–H and O–H groups in total. The van der Waals surface area contributed by atoms with E-state index in [0.717, 1.165) is 5.01 Å². The van der Waals surface area contributed by atoms with E-state index in [-0.39, 0.29) is 36.0 Å². The monoisotopic (exact) mass is 325 g/mol. The number of sulfone groups is 1. The molecular formula is C12H15N5O4S. The van der Waals surface area contributed by atoms with Crippen LogP contribution in [0.2, 0.25) is 0 Å². The van der Waals surface area contributed by atoms with Crippen molar-refractivity contribution < 1.29 is 18.0 Å². The normalized spacial score (nSPS) is 24.2. The SMILES string of the molecule is O=C(Nc1ccn[nH]1)C1=NN(C2CCS(=O)(=O)C2)C(=O)CC1. The molecule has 2 amide bonds. The largest absolute Gasteiger partial charge is 0.306 e. The van der Waals surface area contributed by atoms with Gasteiger partial charge >= 0.3 is 0 Å². The average molecular weight is 325 g/mol. The molecule has 0 spiro atoms. The van der Waals surface area contributed by atoms with Gasteiger partial charge in [0.1, 0.15) is 11.5 Å². The van der Waals surface area contributed by atoms with E-state index >= 15 is 0 Å². The third-order valence-electron chi connectivity index (χ3n) is 3.62. The molecule has 2 aliphatic heterocycles. The Labute approximate surface area is 126 Å². The molecule has 10 heteroatoms. The Morgan fingerprint density at radius 1 is 1.41 bits per heavy atom. The molecule has 3 heterocycles. The highest BCUT2D eigenvalue weighted by Gasteiger charge is 2.37. The second-order valence-corrected chi connectivity index (χ2v) is 7.50. The van der Waals surface area contributed by atoms with Crippen molar-refractivity contribution in [2.45, 2.75) is 25.3 Å². The molecule has 1 atom stereocenters. The molecule has 1 aromatic rings. The summed E-state index contributed by atoms with van der Waals surface area (Å²) >= 11 is 0. The van der Waals surface area contributed by atoms with Crippen molar-refractivity contribution >= 4 is 33.2 Å². The van der Waals surface area contributed by atoms with Crippen molar-refractivity contribution in [1.29, 1.82) is 0 Å². The summed E-state index contributed by atoms with van der Waals surface area (Å²) in [6.45, 7) is 0. The highest BCUT2D eigenvalue weighted by molar-refractivity contribution is 7.91. The van der Waals surface area contributed by atoms with E-state index in [4.69, 9.17) is 0 Å². The van der Waals surface area contributed by atoms with E-state index < -0.39 is 21.8 Å². The van der Waals surface area contributed by atoms with Gasteiger partial charge in [-0.15, -0.1) is 0 Å². The zero-order chi connectivity index (χ0) is 15.7. The molecule has 3 rings (SSSR count). The van der Waals surface area contributed by atoms with Gasteiger partial charge in [-0.05, 0) is 6.42 Å². The summed E-state index contributed by atoms with van der Waals surface area (Å²) in [6.07, 6.45) is 2.23. The summed E-state index contributed by atoms with van der Waals surface area (Å²) in [5.74, 6) is -0.299. The number of amides is 2. The number of aromatic nitrogens is 2. The summed E-state index contributed by atoms with van der Waals surface area (Å²) in [5.41, 5.74) is 0.207. The van der Waals surface area contributed by atoms with Crippen molar-refractivity contribution in [3.8, 4) is 0 Å². The molecule has 1 fully saturated rings. The quantitative estimate of drug-likeness (QED) is 0.776. The van der Waals surface area contributed by atoms with E-state index in [2.05, 4.69) is 20.6 Å². The molecule has 0 bridgehead atoms. The molecule has 0 aromatic carbocycles. The number of carbonyl (C=O) groups is 2. The topological polar surface area (TPSA) is 125 Å². The predicted octanol–water partition coefficient (Wildman–Crippen LogP) is -0.486. The number of H-pyrrole nitrogens is 1. The van der Waals surface area contributed by atoms with Crippen LogP contribution in [0.1, 0.15) is 19.3 Å². The first-order valence-corrected chi connectivity index (χ1v) is 8.67. The van der Waals surface area contributed by atoms with Crippen LogP contribution in [0.5, 0.6) is 0 Å². The number of anilines is 1. The van der Waals surface area contributed by atoms with Crippen LogP contribution in [-0.4, -0.2) is 58.7 Å². The Hall–Kier alpha value is -2.23. The van der Waals surface area contributed by atoms with E-state index in [1.165, 1.54) is 6.20 Å². The van der Waals surface area contributed by atoms with Gasteiger partial charge in [0.2, 0.25) is 5.91 Å². The molecule has 9 nitrogen and oxygen atoms in total. The summed E-state index contributed by atoms with van der Waals surface area (Å²) < 4.78 is 23.1. The first-order chi connectivity index (χ1) is 10.4. The minimum Gasteiger partial charge on any atom is -0.306 e. The molecule has 2 aliphatic rings. The van der Waals surface area contributed by atoms with Crippen LogP contribution in [0.4, 0.5) is 5.82 Å². The third kappa shape index (κ3) is 3.01. The zero-order valence-electron chi connectivity index (χ0n) is 11.7. The van der Waals surface area contributed by atoms with E-state index in [1.54, 1.807) is 6.07 Å². The molecule has 1 unspecified atom stereocenters. The maximum atomic E-state index is 12.1. The number of carbonyl (C=O) groups excluding carboxylic acids is 2. The van der Waals surface area contributed by atoms with Crippen LogP contribution >= 0.6 is 0 Å². The molecule has 118 valence electrons. The van der Waals surface area contributed by atoms with E-state index in [0.29, 0.717) is 12.2 Å². The van der Waals surface area contributed by atoms with Crippen LogP contribution in [0.25, 0.3) is 0 Å². The second kappa shape index (κ2) is 5.52. The lowest BCUT2D eigenvalue weighted by molar-refractivity contribution is -0.133. The molecule has 22 heavy (non-hydrogen) atoms. The molecule has 0 radical (unpaired) electrons. The smallest absolute Gasteiger partial charge is 0.273 e. The predicted molar refractivity (Wildman–Crippen MR) is 77.8 cm³/mol. The van der Waals surface area contributed by atoms with Gasteiger partial charge in [-0.2, -0.15) is 10.2 Å². The van der Waals surface area contributed by atoms with Gasteiger partial charge in [0.15, 0.2) is 9.84 Å². The van der Waals surface area contributed by atoms with Gasteiger partial charge in [0.25, 0.3) is 5.91 Å². The van der Waals surface area contributed by atoms with Crippen molar-refractivity contribution in [1.82, 2.24) is 15.2 Å². The number of hydrazone groups is 1. The number of nitrogens with one attached hydrogen (secondary N) is 2. The van der Waals surface area contributed by atoms with Crippen LogP contribution in [0, 0.1) is 0 Å². The number of aromatic amines is 1. The molecule has 0 saturated carbocycles. The molecule has 1 aromatic heterocycles. The lowest BCUT2D eigenvalue weighted by Gasteiger charge is -2.27. The maximum absolute atomic E-state index is 12.1. The average Bonchev–Trinajstić information content (AvgIpc) is 3.08. The molecule has 0 aliphatic carbocycles. The first-order valence-electron chi connectivity index (χ1n) is 6.85. The summed E-state index contributed by atoms with van der Waals surface area (Å²) in [7, 11) is -3.12. The maximum Gasteiger partial charge on any atom is 0.273 e. The molecular weight excluding hydrogens is 310 g/mol. The van der Waals surface area contributed by atoms with Crippen LogP contribution in [0.3, 0.4) is 0 Å². The van der Waals surface area contributed by atoms with Crippen molar-refractivity contribution in [2.24, 2.45) is 5.10 Å². The van der Waals surface area contributed by atoms with Crippen LogP contribution in [-0.2, 0) is 19.4 Å². The number of hydrogen-bond donors (Lipinski definition) is 2. The Balaban J connectivity index is 1.76. The Morgan fingerprint density at radius 2 is 2.23 bits per heavy atom. The lowest BCUT2D eigenvalue weighted by atomic mass is 10.1. The zero-order valence-corrected chi connectivity index (χ0v) is 12.5. The van der Waals surface area contributed by atoms with E-state index in [9.17, 15) is 18.0 Å². The Morgan fingerprint density at radius 3 is 2.86 bits per heavy atom. The van der Waals surface area contributed by atoms with E-state index in [1.807, 2.05) is 0 Å². The van der Waals surface area contributed by atoms with Crippen molar-refractivity contribution in [3.63, 3.8) is 0 Å². The van der Waals surface area contributed by atoms with Gasteiger partial charge in [0, 0.05) is 18.9 Å². The number of rotatable bonds is 3. The van der Waals surface area contributed by atoms with Gasteiger partial charge in [-0.25, -0.2) is 13.4 Å². The highest BCUT2D eigenvalue weighted by atomic mass is 32.2. The van der Waals surface area contributed by atoms with Gasteiger partial charge in [0.05, 0.1) is 23.7 Å². The summed E-state index contributed by atoms with van der Waals surface area (Å²) in [5, 5.41) is 14.1. The van der Waals surface area contributed by atoms with Crippen molar-refractivity contribution in [3.05, 3.63) is 12.3 Å². The number of nitrogens with zero attached hydrogens (tertiary/aromatic N) is 3. The van der Waals surface area contributed by atoms with Crippen LogP contribution in [0.15, 0.2) is 17.4 Å².